The van der Waals surface area contributed by atoms with Gasteiger partial charge in [0, 0.05) is 12.7 Å². The van der Waals surface area contributed by atoms with E-state index in [0.29, 0.717) is 24.4 Å². The number of hydrazine groups is 1. The van der Waals surface area contributed by atoms with E-state index in [1.165, 1.54) is 6.26 Å². The van der Waals surface area contributed by atoms with Crippen LogP contribution in [0.4, 0.5) is 0 Å². The van der Waals surface area contributed by atoms with Gasteiger partial charge in [0.1, 0.15) is 12.0 Å². The number of hydrogen-bond acceptors (Lipinski definition) is 5. The van der Waals surface area contributed by atoms with Gasteiger partial charge in [-0.3, -0.25) is 20.1 Å². The number of nitrogens with two attached hydrogens (primary N) is 1. The van der Waals surface area contributed by atoms with Crippen LogP contribution in [0.5, 0.6) is 0 Å². The molecule has 0 spiro atoms. The number of carbonyl (C=O) groups excluding carboxylic acids is 1. The molecule has 2 aromatic rings. The fourth-order valence-corrected chi connectivity index (χ4v) is 1.76. The number of furan rings is 1. The first kappa shape index (κ1) is 13.3. The minimum Gasteiger partial charge on any atom is -0.467 e. The van der Waals surface area contributed by atoms with Crippen molar-refractivity contribution >= 4 is 5.91 Å². The Bertz CT molecular complexity index is 539. The maximum absolute atomic E-state index is 11.3. The molecular weight excluding hydrogens is 244 g/mol. The van der Waals surface area contributed by atoms with Crippen molar-refractivity contribution in [2.75, 3.05) is 7.05 Å². The van der Waals surface area contributed by atoms with Gasteiger partial charge in [0.25, 0.3) is 5.91 Å². The van der Waals surface area contributed by atoms with Crippen molar-refractivity contribution in [3.05, 3.63) is 53.7 Å². The second-order valence-electron chi connectivity index (χ2n) is 4.27. The summed E-state index contributed by atoms with van der Waals surface area (Å²) in [6.07, 6.45) is 3.16. The van der Waals surface area contributed by atoms with Crippen LogP contribution in [0.3, 0.4) is 0 Å². The van der Waals surface area contributed by atoms with E-state index < -0.39 is 0 Å². The Hall–Kier alpha value is -2.18. The molecular formula is C13H16N4O2. The van der Waals surface area contributed by atoms with E-state index >= 15 is 0 Å². The molecule has 0 aliphatic carbocycles. The van der Waals surface area contributed by atoms with Crippen LogP contribution in [-0.4, -0.2) is 22.8 Å². The molecule has 3 N–H and O–H groups in total. The van der Waals surface area contributed by atoms with Gasteiger partial charge >= 0.3 is 0 Å². The van der Waals surface area contributed by atoms with Crippen LogP contribution in [0.1, 0.15) is 21.8 Å². The van der Waals surface area contributed by atoms with Gasteiger partial charge in [-0.15, -0.1) is 0 Å². The van der Waals surface area contributed by atoms with E-state index in [1.54, 1.807) is 12.3 Å². The molecule has 0 atom stereocenters. The minimum absolute atomic E-state index is 0.359. The summed E-state index contributed by atoms with van der Waals surface area (Å²) in [6.45, 7) is 1.30. The highest BCUT2D eigenvalue weighted by Crippen LogP contribution is 2.11. The van der Waals surface area contributed by atoms with Crippen molar-refractivity contribution < 1.29 is 9.21 Å². The first-order chi connectivity index (χ1) is 9.19. The zero-order valence-electron chi connectivity index (χ0n) is 10.7. The lowest BCUT2D eigenvalue weighted by atomic mass is 10.3. The highest BCUT2D eigenvalue weighted by molar-refractivity contribution is 5.93. The molecule has 0 saturated heterocycles. The second-order valence-corrected chi connectivity index (χ2v) is 4.27. The average Bonchev–Trinajstić information content (AvgIpc) is 2.87. The van der Waals surface area contributed by atoms with Gasteiger partial charge in [-0.05, 0) is 25.2 Å². The number of rotatable bonds is 5. The monoisotopic (exact) mass is 260 g/mol. The lowest BCUT2D eigenvalue weighted by Crippen LogP contribution is -2.29. The number of amides is 1. The quantitative estimate of drug-likeness (QED) is 0.474. The molecule has 2 aromatic heterocycles. The average molecular weight is 260 g/mol. The zero-order chi connectivity index (χ0) is 13.7. The summed E-state index contributed by atoms with van der Waals surface area (Å²) in [6, 6.07) is 7.48. The number of pyridine rings is 1. The van der Waals surface area contributed by atoms with Crippen LogP contribution in [-0.2, 0) is 13.1 Å². The van der Waals surface area contributed by atoms with Crippen molar-refractivity contribution in [1.29, 1.82) is 0 Å². The van der Waals surface area contributed by atoms with Crippen molar-refractivity contribution in [3.63, 3.8) is 0 Å². The number of nitrogen functional groups attached to an aromatic ring is 1. The number of nitrogens with zero attached hydrogens (tertiary/aromatic N) is 2. The molecule has 2 rings (SSSR count). The summed E-state index contributed by atoms with van der Waals surface area (Å²) >= 11 is 0. The van der Waals surface area contributed by atoms with Gasteiger partial charge < -0.3 is 4.42 Å². The largest absolute Gasteiger partial charge is 0.467 e. The minimum atomic E-state index is -0.359. The number of carbonyl (C=O) groups is 1. The number of nitrogens with one attached hydrogen (secondary N) is 1. The van der Waals surface area contributed by atoms with Crippen LogP contribution in [0, 0.1) is 0 Å². The van der Waals surface area contributed by atoms with Gasteiger partial charge in [0.2, 0.25) is 0 Å². The third kappa shape index (κ3) is 3.64. The highest BCUT2D eigenvalue weighted by Gasteiger charge is 2.10. The van der Waals surface area contributed by atoms with Crippen molar-refractivity contribution in [2.24, 2.45) is 5.84 Å². The standard InChI is InChI=1S/C13H16N4O2/c1-17(7-11-4-2-3-5-15-11)8-12-6-10(9-19-12)13(18)16-14/h2-6,9H,7-8,14H2,1H3,(H,16,18). The molecule has 0 radical (unpaired) electrons. The summed E-state index contributed by atoms with van der Waals surface area (Å²) in [5, 5.41) is 0. The smallest absolute Gasteiger partial charge is 0.268 e. The summed E-state index contributed by atoms with van der Waals surface area (Å²) in [5.41, 5.74) is 3.47. The van der Waals surface area contributed by atoms with E-state index in [2.05, 4.69) is 10.4 Å². The Morgan fingerprint density at radius 1 is 1.47 bits per heavy atom. The van der Waals surface area contributed by atoms with E-state index in [4.69, 9.17) is 10.3 Å². The molecule has 0 aliphatic heterocycles. The molecule has 100 valence electrons. The molecule has 0 unspecified atom stereocenters. The third-order valence-electron chi connectivity index (χ3n) is 2.63. The van der Waals surface area contributed by atoms with Gasteiger partial charge in [0.05, 0.1) is 17.8 Å². The topological polar surface area (TPSA) is 84.4 Å². The maximum atomic E-state index is 11.3. The Labute approximate surface area is 111 Å². The summed E-state index contributed by atoms with van der Waals surface area (Å²) in [5.74, 6) is 5.40. The zero-order valence-corrected chi connectivity index (χ0v) is 10.7. The molecule has 6 nitrogen and oxygen atoms in total. The summed E-state index contributed by atoms with van der Waals surface area (Å²) in [7, 11) is 1.96. The third-order valence-corrected chi connectivity index (χ3v) is 2.63. The van der Waals surface area contributed by atoms with E-state index in [0.717, 1.165) is 5.69 Å². The lowest BCUT2D eigenvalue weighted by molar-refractivity contribution is 0.0953. The van der Waals surface area contributed by atoms with E-state index in [9.17, 15) is 4.79 Å². The Morgan fingerprint density at radius 2 is 2.32 bits per heavy atom. The summed E-state index contributed by atoms with van der Waals surface area (Å²) < 4.78 is 5.32. The number of hydrogen-bond donors (Lipinski definition) is 2. The van der Waals surface area contributed by atoms with Crippen molar-refractivity contribution in [1.82, 2.24) is 15.3 Å². The molecule has 2 heterocycles. The van der Waals surface area contributed by atoms with Crippen LogP contribution in [0.2, 0.25) is 0 Å². The van der Waals surface area contributed by atoms with Gasteiger partial charge in [-0.25, -0.2) is 5.84 Å². The van der Waals surface area contributed by atoms with Crippen molar-refractivity contribution in [3.8, 4) is 0 Å². The molecule has 0 saturated carbocycles. The second kappa shape index (κ2) is 6.12. The molecule has 6 heteroatoms. The van der Waals surface area contributed by atoms with Crippen LogP contribution >= 0.6 is 0 Å². The normalized spacial score (nSPS) is 10.7. The summed E-state index contributed by atoms with van der Waals surface area (Å²) in [4.78, 5) is 17.6. The predicted octanol–water partition coefficient (Wildman–Crippen LogP) is 0.910. The maximum Gasteiger partial charge on any atom is 0.268 e. The molecule has 0 aromatic carbocycles. The van der Waals surface area contributed by atoms with Crippen LogP contribution in [0.25, 0.3) is 0 Å². The van der Waals surface area contributed by atoms with Gasteiger partial charge in [0.15, 0.2) is 0 Å². The van der Waals surface area contributed by atoms with Gasteiger partial charge in [-0.2, -0.15) is 0 Å². The van der Waals surface area contributed by atoms with Crippen LogP contribution in [0.15, 0.2) is 41.1 Å². The molecule has 0 aliphatic rings. The molecule has 0 fully saturated rings. The van der Waals surface area contributed by atoms with E-state index in [-0.39, 0.29) is 5.91 Å². The van der Waals surface area contributed by atoms with E-state index in [1.807, 2.05) is 30.1 Å². The first-order valence-electron chi connectivity index (χ1n) is 5.86. The Kier molecular flexibility index (Phi) is 4.27. The molecule has 19 heavy (non-hydrogen) atoms. The molecule has 0 bridgehead atoms. The van der Waals surface area contributed by atoms with Crippen molar-refractivity contribution in [2.45, 2.75) is 13.1 Å². The Balaban J connectivity index is 1.94. The molecule has 1 amide bonds. The lowest BCUT2D eigenvalue weighted by Gasteiger charge is -2.14. The Morgan fingerprint density at radius 3 is 3.00 bits per heavy atom. The SMILES string of the molecule is CN(Cc1ccccn1)Cc1cc(C(=O)NN)co1. The highest BCUT2D eigenvalue weighted by atomic mass is 16.3. The fourth-order valence-electron chi connectivity index (χ4n) is 1.76. The van der Waals surface area contributed by atoms with Crippen LogP contribution < -0.4 is 11.3 Å². The predicted molar refractivity (Wildman–Crippen MR) is 69.8 cm³/mol. The fraction of sp³-hybridized carbons (Fsp3) is 0.231. The number of aromatic nitrogens is 1. The van der Waals surface area contributed by atoms with Gasteiger partial charge in [-0.1, -0.05) is 6.07 Å². The first-order valence-corrected chi connectivity index (χ1v) is 5.86.